The van der Waals surface area contributed by atoms with Gasteiger partial charge in [-0.05, 0) is 53.9 Å². The first-order chi connectivity index (χ1) is 14.0. The molecule has 1 atom stereocenters. The summed E-state index contributed by atoms with van der Waals surface area (Å²) in [7, 11) is 1.25. The number of ether oxygens (including phenoxy) is 1. The van der Waals surface area contributed by atoms with Crippen LogP contribution in [-0.2, 0) is 11.2 Å². The fraction of sp³-hybridized carbons (Fsp3) is 0.143. The molecule has 0 saturated carbocycles. The summed E-state index contributed by atoms with van der Waals surface area (Å²) in [6.07, 6.45) is 1.63. The lowest BCUT2D eigenvalue weighted by molar-refractivity contribution is 0.103. The molecule has 1 aliphatic heterocycles. The minimum absolute atomic E-state index is 0.0484. The van der Waals surface area contributed by atoms with Gasteiger partial charge in [-0.3, -0.25) is 10.1 Å². The molecule has 8 heteroatoms. The highest BCUT2D eigenvalue weighted by molar-refractivity contribution is 8.03. The van der Waals surface area contributed by atoms with E-state index in [0.29, 0.717) is 28.9 Å². The number of hydrogen-bond donors (Lipinski definition) is 3. The van der Waals surface area contributed by atoms with E-state index in [2.05, 4.69) is 15.4 Å². The molecular weight excluding hydrogens is 406 g/mol. The molecule has 0 spiro atoms. The lowest BCUT2D eigenvalue weighted by Crippen LogP contribution is -2.34. The number of alkyl carbamates (subject to hydrolysis) is 1. The normalized spacial score (nSPS) is 15.1. The number of methoxy groups -OCH3 is 1. The number of allylic oxidation sites excluding steroid dienone is 1. The highest BCUT2D eigenvalue weighted by atomic mass is 32.2. The molecular formula is C21H19N3O3S2. The third-order valence-corrected chi connectivity index (χ3v) is 5.53. The SMILES string of the molecule is COC(=O)NC(=S)Nc1ccc(C(=O)c2ccccc2)c(CC2SC=CC2=N)c1. The molecule has 148 valence electrons. The number of amides is 1. The van der Waals surface area contributed by atoms with Crippen molar-refractivity contribution in [3.63, 3.8) is 0 Å². The molecule has 29 heavy (non-hydrogen) atoms. The largest absolute Gasteiger partial charge is 0.453 e. The topological polar surface area (TPSA) is 91.3 Å². The molecule has 3 rings (SSSR count). The first-order valence-electron chi connectivity index (χ1n) is 8.77. The molecule has 0 aliphatic carbocycles. The number of hydrogen-bond acceptors (Lipinski definition) is 6. The van der Waals surface area contributed by atoms with Gasteiger partial charge in [0.15, 0.2) is 10.9 Å². The van der Waals surface area contributed by atoms with Gasteiger partial charge in [0.1, 0.15) is 0 Å². The molecule has 2 aromatic rings. The minimum atomic E-state index is -0.666. The maximum absolute atomic E-state index is 13.0. The van der Waals surface area contributed by atoms with E-state index in [1.54, 1.807) is 42.1 Å². The van der Waals surface area contributed by atoms with Gasteiger partial charge in [-0.2, -0.15) is 0 Å². The van der Waals surface area contributed by atoms with E-state index in [9.17, 15) is 9.59 Å². The fourth-order valence-corrected chi connectivity index (χ4v) is 3.98. The smallest absolute Gasteiger partial charge is 0.413 e. The Bertz CT molecular complexity index is 990. The molecule has 0 fully saturated rings. The third-order valence-electron chi connectivity index (χ3n) is 4.29. The maximum Gasteiger partial charge on any atom is 0.413 e. The monoisotopic (exact) mass is 425 g/mol. The highest BCUT2D eigenvalue weighted by Crippen LogP contribution is 2.28. The van der Waals surface area contributed by atoms with Crippen LogP contribution in [0.5, 0.6) is 0 Å². The molecule has 0 bridgehead atoms. The number of anilines is 1. The van der Waals surface area contributed by atoms with Gasteiger partial charge >= 0.3 is 6.09 Å². The second-order valence-electron chi connectivity index (χ2n) is 6.22. The quantitative estimate of drug-likeness (QED) is 0.492. The summed E-state index contributed by atoms with van der Waals surface area (Å²) in [5, 5.41) is 15.3. The molecule has 1 heterocycles. The van der Waals surface area contributed by atoms with Crippen molar-refractivity contribution in [3.05, 3.63) is 76.7 Å². The summed E-state index contributed by atoms with van der Waals surface area (Å²) in [5.74, 6) is -0.0788. The maximum atomic E-state index is 13.0. The standard InChI is InChI=1S/C21H19N3O3S2/c1-27-21(26)24-20(28)23-15-7-8-16(19(25)13-5-3-2-4-6-13)14(11-15)12-18-17(22)9-10-29-18/h2-11,18,22H,12H2,1H3,(H2,23,24,26,28). The van der Waals surface area contributed by atoms with E-state index in [-0.39, 0.29) is 16.1 Å². The van der Waals surface area contributed by atoms with E-state index < -0.39 is 6.09 Å². The lowest BCUT2D eigenvalue weighted by atomic mass is 9.94. The number of benzene rings is 2. The van der Waals surface area contributed by atoms with Gasteiger partial charge in [0, 0.05) is 22.5 Å². The van der Waals surface area contributed by atoms with Crippen LogP contribution < -0.4 is 10.6 Å². The number of thioether (sulfide) groups is 1. The Kier molecular flexibility index (Phi) is 6.79. The van der Waals surface area contributed by atoms with Crippen molar-refractivity contribution in [2.24, 2.45) is 0 Å². The van der Waals surface area contributed by atoms with Crippen LogP contribution >= 0.6 is 24.0 Å². The van der Waals surface area contributed by atoms with Crippen molar-refractivity contribution >= 4 is 52.4 Å². The van der Waals surface area contributed by atoms with Crippen molar-refractivity contribution in [1.29, 1.82) is 5.41 Å². The van der Waals surface area contributed by atoms with Crippen molar-refractivity contribution in [3.8, 4) is 0 Å². The summed E-state index contributed by atoms with van der Waals surface area (Å²) in [5.41, 5.74) is 3.14. The highest BCUT2D eigenvalue weighted by Gasteiger charge is 2.22. The predicted octanol–water partition coefficient (Wildman–Crippen LogP) is 4.16. The molecule has 0 saturated heterocycles. The van der Waals surface area contributed by atoms with Crippen molar-refractivity contribution in [2.75, 3.05) is 12.4 Å². The van der Waals surface area contributed by atoms with Crippen LogP contribution in [0.3, 0.4) is 0 Å². The van der Waals surface area contributed by atoms with Crippen molar-refractivity contribution in [1.82, 2.24) is 5.32 Å². The van der Waals surface area contributed by atoms with E-state index >= 15 is 0 Å². The first-order valence-corrected chi connectivity index (χ1v) is 10.1. The molecule has 0 aromatic heterocycles. The minimum Gasteiger partial charge on any atom is -0.453 e. The molecule has 1 unspecified atom stereocenters. The van der Waals surface area contributed by atoms with Crippen molar-refractivity contribution < 1.29 is 14.3 Å². The Labute approximate surface area is 178 Å². The third kappa shape index (κ3) is 5.30. The molecule has 3 N–H and O–H groups in total. The summed E-state index contributed by atoms with van der Waals surface area (Å²) < 4.78 is 4.53. The Morgan fingerprint density at radius 3 is 2.62 bits per heavy atom. The van der Waals surface area contributed by atoms with Crippen LogP contribution in [0.2, 0.25) is 0 Å². The fourth-order valence-electron chi connectivity index (χ4n) is 2.86. The van der Waals surface area contributed by atoms with Crippen LogP contribution in [0.25, 0.3) is 0 Å². The van der Waals surface area contributed by atoms with Crippen LogP contribution in [0, 0.1) is 5.41 Å². The van der Waals surface area contributed by atoms with E-state index in [4.69, 9.17) is 17.6 Å². The van der Waals surface area contributed by atoms with Gasteiger partial charge < -0.3 is 15.5 Å². The van der Waals surface area contributed by atoms with Gasteiger partial charge in [-0.25, -0.2) is 4.79 Å². The number of rotatable bonds is 5. The summed E-state index contributed by atoms with van der Waals surface area (Å²) in [6, 6.07) is 14.4. The van der Waals surface area contributed by atoms with Crippen molar-refractivity contribution in [2.45, 2.75) is 11.7 Å². The summed E-state index contributed by atoms with van der Waals surface area (Å²) >= 11 is 6.66. The second kappa shape index (κ2) is 9.49. The molecule has 6 nitrogen and oxygen atoms in total. The van der Waals surface area contributed by atoms with Gasteiger partial charge in [-0.15, -0.1) is 11.8 Å². The molecule has 2 aromatic carbocycles. The van der Waals surface area contributed by atoms with Crippen LogP contribution in [0.15, 0.2) is 60.0 Å². The average Bonchev–Trinajstić information content (AvgIpc) is 3.12. The van der Waals surface area contributed by atoms with Crippen LogP contribution in [0.4, 0.5) is 10.5 Å². The van der Waals surface area contributed by atoms with E-state index in [1.807, 2.05) is 29.7 Å². The van der Waals surface area contributed by atoms with E-state index in [0.717, 1.165) is 5.56 Å². The van der Waals surface area contributed by atoms with Gasteiger partial charge in [-0.1, -0.05) is 30.3 Å². The van der Waals surface area contributed by atoms with Gasteiger partial charge in [0.2, 0.25) is 0 Å². The number of thiocarbonyl (C=S) groups is 1. The first kappa shape index (κ1) is 20.8. The lowest BCUT2D eigenvalue weighted by Gasteiger charge is -2.16. The molecule has 1 amide bonds. The Balaban J connectivity index is 1.88. The average molecular weight is 426 g/mol. The summed E-state index contributed by atoms with van der Waals surface area (Å²) in [6.45, 7) is 0. The Morgan fingerprint density at radius 1 is 1.21 bits per heavy atom. The van der Waals surface area contributed by atoms with Gasteiger partial charge in [0.05, 0.1) is 12.4 Å². The molecule has 1 aliphatic rings. The van der Waals surface area contributed by atoms with Crippen LogP contribution in [-0.4, -0.2) is 35.1 Å². The zero-order chi connectivity index (χ0) is 20.8. The zero-order valence-electron chi connectivity index (χ0n) is 15.6. The van der Waals surface area contributed by atoms with Crippen LogP contribution in [0.1, 0.15) is 21.5 Å². The molecule has 0 radical (unpaired) electrons. The van der Waals surface area contributed by atoms with E-state index in [1.165, 1.54) is 7.11 Å². The number of carbonyl (C=O) groups excluding carboxylic acids is 2. The number of ketones is 1. The number of nitrogens with one attached hydrogen (secondary N) is 3. The Hall–Kier alpha value is -2.97. The van der Waals surface area contributed by atoms with Gasteiger partial charge in [0.25, 0.3) is 0 Å². The Morgan fingerprint density at radius 2 is 1.97 bits per heavy atom. The summed E-state index contributed by atoms with van der Waals surface area (Å²) in [4.78, 5) is 24.4. The number of carbonyl (C=O) groups is 2. The predicted molar refractivity (Wildman–Crippen MR) is 120 cm³/mol. The zero-order valence-corrected chi connectivity index (χ0v) is 17.2. The second-order valence-corrected chi connectivity index (χ2v) is 7.75.